The van der Waals surface area contributed by atoms with Gasteiger partial charge in [0, 0.05) is 13.2 Å². The summed E-state index contributed by atoms with van der Waals surface area (Å²) in [6.07, 6.45) is 4.06. The summed E-state index contributed by atoms with van der Waals surface area (Å²) in [6, 6.07) is -0.845. The van der Waals surface area contributed by atoms with Crippen LogP contribution >= 0.6 is 0 Å². The van der Waals surface area contributed by atoms with E-state index < -0.39 is 23.3 Å². The van der Waals surface area contributed by atoms with E-state index in [1.54, 1.807) is 13.8 Å². The van der Waals surface area contributed by atoms with Crippen LogP contribution in [0.3, 0.4) is 0 Å². The fourth-order valence-electron chi connectivity index (χ4n) is 2.46. The van der Waals surface area contributed by atoms with Crippen molar-refractivity contribution in [3.63, 3.8) is 0 Å². The van der Waals surface area contributed by atoms with E-state index in [1.165, 1.54) is 0 Å². The minimum absolute atomic E-state index is 0. The summed E-state index contributed by atoms with van der Waals surface area (Å²) in [5.74, 6) is -1.20. The van der Waals surface area contributed by atoms with Gasteiger partial charge < -0.3 is 20.6 Å². The number of aliphatic imine (C=N–C) groups is 1. The van der Waals surface area contributed by atoms with Crippen LogP contribution in [0.5, 0.6) is 0 Å². The number of nitrogens with zero attached hydrogens (tertiary/aromatic N) is 1. The van der Waals surface area contributed by atoms with E-state index >= 15 is 0 Å². The quantitative estimate of drug-likeness (QED) is 0.369. The first kappa shape index (κ1) is 29.3. The molecule has 2 unspecified atom stereocenters. The minimum atomic E-state index is -1.15. The molecular weight excluding hydrogens is 335 g/mol. The molecular formula is C17H33N2NaO5. The van der Waals surface area contributed by atoms with Crippen molar-refractivity contribution in [3.8, 4) is 0 Å². The molecule has 1 heterocycles. The first-order chi connectivity index (χ1) is 11.3. The van der Waals surface area contributed by atoms with Gasteiger partial charge in [0.05, 0.1) is 6.02 Å². The number of amidine groups is 1. The Morgan fingerprint density at radius 3 is 1.96 bits per heavy atom. The zero-order valence-electron chi connectivity index (χ0n) is 16.6. The molecule has 0 radical (unpaired) electrons. The third kappa shape index (κ3) is 9.70. The molecule has 25 heavy (non-hydrogen) atoms. The first-order valence-electron chi connectivity index (χ1n) is 8.65. The first-order valence-corrected chi connectivity index (χ1v) is 8.65. The Morgan fingerprint density at radius 2 is 1.68 bits per heavy atom. The predicted molar refractivity (Wildman–Crippen MR) is 92.1 cm³/mol. The summed E-state index contributed by atoms with van der Waals surface area (Å²) in [7, 11) is 0. The van der Waals surface area contributed by atoms with Gasteiger partial charge in [-0.2, -0.15) is 0 Å². The number of nitrogens with one attached hydrogen (secondary N) is 1. The van der Waals surface area contributed by atoms with Crippen molar-refractivity contribution in [1.82, 2.24) is 5.32 Å². The Balaban J connectivity index is -0.000000455. The summed E-state index contributed by atoms with van der Waals surface area (Å²) < 4.78 is 0. The van der Waals surface area contributed by atoms with Crippen LogP contribution in [0.15, 0.2) is 4.99 Å². The summed E-state index contributed by atoms with van der Waals surface area (Å²) in [4.78, 5) is 27.1. The Hall–Kier alpha value is -0.470. The van der Waals surface area contributed by atoms with Gasteiger partial charge in [0.1, 0.15) is 5.41 Å². The van der Waals surface area contributed by atoms with Crippen LogP contribution in [-0.4, -0.2) is 41.3 Å². The van der Waals surface area contributed by atoms with Crippen molar-refractivity contribution in [3.05, 3.63) is 0 Å². The molecule has 0 fully saturated rings. The average Bonchev–Trinajstić information content (AvgIpc) is 2.50. The van der Waals surface area contributed by atoms with Crippen LogP contribution in [0, 0.1) is 11.3 Å². The van der Waals surface area contributed by atoms with Gasteiger partial charge in [0.2, 0.25) is 5.91 Å². The molecule has 2 amide bonds. The molecule has 3 N–H and O–H groups in total. The molecule has 0 aliphatic carbocycles. The zero-order chi connectivity index (χ0) is 19.2. The van der Waals surface area contributed by atoms with Crippen LogP contribution in [0.25, 0.3) is 0 Å². The number of rotatable bonds is 6. The number of hydrogen-bond donors (Lipinski definition) is 3. The van der Waals surface area contributed by atoms with Crippen molar-refractivity contribution in [1.29, 1.82) is 0 Å². The average molecular weight is 368 g/mol. The Morgan fingerprint density at radius 1 is 1.16 bits per heavy atom. The van der Waals surface area contributed by atoms with Gasteiger partial charge >= 0.3 is 29.6 Å². The molecule has 0 spiro atoms. The second-order valence-electron chi connectivity index (χ2n) is 5.58. The van der Waals surface area contributed by atoms with Crippen LogP contribution in [0.1, 0.15) is 66.7 Å². The summed E-state index contributed by atoms with van der Waals surface area (Å²) in [6.45, 7) is 9.95. The molecule has 1 aliphatic heterocycles. The number of aliphatic hydroxyl groups excluding tert-OH is 2. The SMILES string of the molecule is CCCC(C)C1(CC)C(=O)N=C([O-])NC1=O.CCCCO.CCO.[Na+]. The van der Waals surface area contributed by atoms with E-state index in [4.69, 9.17) is 10.2 Å². The molecule has 0 aromatic carbocycles. The van der Waals surface area contributed by atoms with E-state index in [2.05, 4.69) is 17.2 Å². The van der Waals surface area contributed by atoms with Gasteiger partial charge in [-0.3, -0.25) is 9.59 Å². The largest absolute Gasteiger partial charge is 1.00 e. The monoisotopic (exact) mass is 368 g/mol. The van der Waals surface area contributed by atoms with Crippen LogP contribution in [-0.2, 0) is 9.59 Å². The molecule has 0 aromatic heterocycles. The predicted octanol–water partition coefficient (Wildman–Crippen LogP) is -2.03. The molecule has 1 aliphatic rings. The summed E-state index contributed by atoms with van der Waals surface area (Å²) in [5.41, 5.74) is -1.15. The maximum absolute atomic E-state index is 11.9. The van der Waals surface area contributed by atoms with Gasteiger partial charge in [-0.05, 0) is 32.1 Å². The van der Waals surface area contributed by atoms with E-state index in [1.807, 2.05) is 13.8 Å². The molecule has 8 heteroatoms. The molecule has 0 bridgehead atoms. The molecule has 0 aromatic rings. The van der Waals surface area contributed by atoms with Crippen molar-refractivity contribution >= 4 is 17.8 Å². The number of aliphatic hydroxyl groups is 2. The molecule has 142 valence electrons. The number of hydrogen-bond acceptors (Lipinski definition) is 5. The van der Waals surface area contributed by atoms with E-state index in [0.717, 1.165) is 25.7 Å². The molecule has 7 nitrogen and oxygen atoms in total. The van der Waals surface area contributed by atoms with Crippen molar-refractivity contribution in [2.24, 2.45) is 16.3 Å². The second kappa shape index (κ2) is 17.0. The molecule has 1 rings (SSSR count). The van der Waals surface area contributed by atoms with E-state index in [9.17, 15) is 14.7 Å². The van der Waals surface area contributed by atoms with Crippen LogP contribution in [0.4, 0.5) is 0 Å². The molecule has 0 saturated heterocycles. The topological polar surface area (TPSA) is 122 Å². The standard InChI is InChI=1S/C11H18N2O3.C4H10O.C2H6O.Na/c1-4-6-7(3)11(5-2)8(14)12-10(16)13-9(11)15;1-2-3-4-5;1-2-3;/h7H,4-6H2,1-3H3,(H2,12,13,14,15,16);5H,2-4H2,1H3;3H,2H2,1H3;/q;;;+1/p-1. The smallest absolute Gasteiger partial charge is 0.846 e. The number of carbonyl (C=O) groups excluding carboxylic acids is 2. The minimum Gasteiger partial charge on any atom is -0.846 e. The van der Waals surface area contributed by atoms with Gasteiger partial charge in [-0.15, -0.1) is 0 Å². The Bertz CT molecular complexity index is 402. The Labute approximate surface area is 173 Å². The third-order valence-electron chi connectivity index (χ3n) is 3.84. The summed E-state index contributed by atoms with van der Waals surface area (Å²) >= 11 is 0. The maximum Gasteiger partial charge on any atom is 1.00 e. The van der Waals surface area contributed by atoms with Gasteiger partial charge in [-0.25, -0.2) is 4.99 Å². The van der Waals surface area contributed by atoms with Gasteiger partial charge in [-0.1, -0.05) is 40.5 Å². The normalized spacial score (nSPS) is 19.9. The van der Waals surface area contributed by atoms with Gasteiger partial charge in [0.25, 0.3) is 5.91 Å². The number of unbranched alkanes of at least 4 members (excludes halogenated alkanes) is 1. The summed E-state index contributed by atoms with van der Waals surface area (Å²) in [5, 5.41) is 28.7. The number of amides is 2. The zero-order valence-corrected chi connectivity index (χ0v) is 18.6. The van der Waals surface area contributed by atoms with Crippen LogP contribution < -0.4 is 40.0 Å². The molecule has 2 atom stereocenters. The second-order valence-corrected chi connectivity index (χ2v) is 5.58. The van der Waals surface area contributed by atoms with E-state index in [0.29, 0.717) is 13.0 Å². The maximum atomic E-state index is 11.9. The fraction of sp³-hybridized carbons (Fsp3) is 0.824. The van der Waals surface area contributed by atoms with E-state index in [-0.39, 0.29) is 42.1 Å². The van der Waals surface area contributed by atoms with Gasteiger partial charge in [0.15, 0.2) is 0 Å². The molecule has 0 saturated carbocycles. The van der Waals surface area contributed by atoms with Crippen molar-refractivity contribution in [2.75, 3.05) is 13.2 Å². The Kier molecular flexibility index (Phi) is 19.9. The van der Waals surface area contributed by atoms with Crippen molar-refractivity contribution < 1.29 is 54.5 Å². The fourth-order valence-corrected chi connectivity index (χ4v) is 2.46. The third-order valence-corrected chi connectivity index (χ3v) is 3.84. The number of carbonyl (C=O) groups is 2. The van der Waals surface area contributed by atoms with Crippen LogP contribution in [0.2, 0.25) is 0 Å². The van der Waals surface area contributed by atoms with Crippen molar-refractivity contribution in [2.45, 2.75) is 66.7 Å².